The van der Waals surface area contributed by atoms with Crippen molar-refractivity contribution in [3.8, 4) is 0 Å². The summed E-state index contributed by atoms with van der Waals surface area (Å²) in [6.07, 6.45) is 38.2. The normalized spacial score (nSPS) is 12.1. The second-order valence-corrected chi connectivity index (χ2v) is 13.0. The number of carbonyl (C=O) groups is 2. The summed E-state index contributed by atoms with van der Waals surface area (Å²) in [5.41, 5.74) is 0. The zero-order chi connectivity index (χ0) is 30.1. The Morgan fingerprint density at radius 1 is 0.390 bits per heavy atom. The van der Waals surface area contributed by atoms with Crippen LogP contribution < -0.4 is 0 Å². The van der Waals surface area contributed by atoms with E-state index in [-0.39, 0.29) is 12.1 Å². The molecule has 0 heterocycles. The lowest BCUT2D eigenvalue weighted by Crippen LogP contribution is -2.18. The van der Waals surface area contributed by atoms with Crippen LogP contribution in [0.3, 0.4) is 0 Å². The number of hydrogen-bond acceptors (Lipinski definition) is 3. The molecular formula is C38H74O3. The van der Waals surface area contributed by atoms with E-state index in [4.69, 9.17) is 4.74 Å². The first kappa shape index (κ1) is 40.1. The van der Waals surface area contributed by atoms with Gasteiger partial charge in [0.25, 0.3) is 0 Å². The van der Waals surface area contributed by atoms with E-state index in [2.05, 4.69) is 20.8 Å². The van der Waals surface area contributed by atoms with Gasteiger partial charge in [-0.15, -0.1) is 0 Å². The SMILES string of the molecule is CCCCCCCCCCCCC(CCCCCCC)OC(=O)CCCCCCCC(=O)CCCCCCCCC. The fourth-order valence-electron chi connectivity index (χ4n) is 5.87. The minimum Gasteiger partial charge on any atom is -0.462 e. The standard InChI is InChI=1S/C38H74O3/c1-4-7-10-13-15-16-17-19-24-29-34-37(33-28-21-12-9-6-3)41-38(40)35-30-25-20-23-27-32-36(39)31-26-22-18-14-11-8-5-2/h37H,4-35H2,1-3H3. The fourth-order valence-corrected chi connectivity index (χ4v) is 5.87. The Morgan fingerprint density at radius 3 is 1.05 bits per heavy atom. The second-order valence-electron chi connectivity index (χ2n) is 13.0. The van der Waals surface area contributed by atoms with Gasteiger partial charge in [0.05, 0.1) is 0 Å². The molecular weight excluding hydrogens is 504 g/mol. The van der Waals surface area contributed by atoms with E-state index in [1.165, 1.54) is 135 Å². The third-order valence-corrected chi connectivity index (χ3v) is 8.70. The zero-order valence-electron chi connectivity index (χ0n) is 28.4. The minimum atomic E-state index is 0.0144. The molecule has 41 heavy (non-hydrogen) atoms. The highest BCUT2D eigenvalue weighted by atomic mass is 16.5. The van der Waals surface area contributed by atoms with Crippen molar-refractivity contribution in [2.24, 2.45) is 0 Å². The highest BCUT2D eigenvalue weighted by molar-refractivity contribution is 5.78. The minimum absolute atomic E-state index is 0.0144. The van der Waals surface area contributed by atoms with Crippen molar-refractivity contribution in [3.05, 3.63) is 0 Å². The lowest BCUT2D eigenvalue weighted by molar-refractivity contribution is -0.150. The molecule has 0 aliphatic heterocycles. The first-order chi connectivity index (χ1) is 20.1. The summed E-state index contributed by atoms with van der Waals surface area (Å²) in [7, 11) is 0. The number of ketones is 1. The predicted octanol–water partition coefficient (Wildman–Crippen LogP) is 13.0. The number of unbranched alkanes of at least 4 members (excludes halogenated alkanes) is 23. The van der Waals surface area contributed by atoms with E-state index >= 15 is 0 Å². The molecule has 0 aromatic carbocycles. The Morgan fingerprint density at radius 2 is 0.683 bits per heavy atom. The van der Waals surface area contributed by atoms with Crippen molar-refractivity contribution in [2.75, 3.05) is 0 Å². The molecule has 0 aromatic heterocycles. The van der Waals surface area contributed by atoms with Crippen LogP contribution in [0.25, 0.3) is 0 Å². The lowest BCUT2D eigenvalue weighted by Gasteiger charge is -2.18. The maximum atomic E-state index is 12.6. The van der Waals surface area contributed by atoms with Gasteiger partial charge in [0.2, 0.25) is 0 Å². The number of carbonyl (C=O) groups excluding carboxylic acids is 2. The van der Waals surface area contributed by atoms with E-state index in [9.17, 15) is 9.59 Å². The van der Waals surface area contributed by atoms with Gasteiger partial charge in [0.15, 0.2) is 0 Å². The van der Waals surface area contributed by atoms with Gasteiger partial charge in [-0.2, -0.15) is 0 Å². The summed E-state index contributed by atoms with van der Waals surface area (Å²) in [5, 5.41) is 0. The first-order valence-corrected chi connectivity index (χ1v) is 18.8. The van der Waals surface area contributed by atoms with Gasteiger partial charge in [-0.05, 0) is 44.9 Å². The molecule has 0 fully saturated rings. The topological polar surface area (TPSA) is 43.4 Å². The summed E-state index contributed by atoms with van der Waals surface area (Å²) < 4.78 is 5.99. The summed E-state index contributed by atoms with van der Waals surface area (Å²) in [6.45, 7) is 6.79. The van der Waals surface area contributed by atoms with Crippen LogP contribution in [-0.2, 0) is 14.3 Å². The summed E-state index contributed by atoms with van der Waals surface area (Å²) in [6, 6.07) is 0. The van der Waals surface area contributed by atoms with E-state index < -0.39 is 0 Å². The number of Topliss-reactive ketones (excluding diaryl/α,β-unsaturated/α-hetero) is 1. The van der Waals surface area contributed by atoms with Crippen molar-refractivity contribution >= 4 is 11.8 Å². The molecule has 0 aliphatic carbocycles. The number of ether oxygens (including phenoxy) is 1. The molecule has 0 saturated carbocycles. The number of esters is 1. The van der Waals surface area contributed by atoms with Crippen LogP contribution in [0.5, 0.6) is 0 Å². The van der Waals surface area contributed by atoms with Crippen molar-refractivity contribution in [1.82, 2.24) is 0 Å². The summed E-state index contributed by atoms with van der Waals surface area (Å²) in [4.78, 5) is 24.7. The molecule has 0 N–H and O–H groups in total. The highest BCUT2D eigenvalue weighted by Crippen LogP contribution is 2.19. The van der Waals surface area contributed by atoms with Crippen LogP contribution in [0, 0.1) is 0 Å². The monoisotopic (exact) mass is 579 g/mol. The van der Waals surface area contributed by atoms with Gasteiger partial charge < -0.3 is 4.74 Å². The smallest absolute Gasteiger partial charge is 0.306 e. The molecule has 0 saturated heterocycles. The molecule has 1 unspecified atom stereocenters. The Balaban J connectivity index is 3.90. The quantitative estimate of drug-likeness (QED) is 0.0563. The van der Waals surface area contributed by atoms with Gasteiger partial charge >= 0.3 is 5.97 Å². The van der Waals surface area contributed by atoms with E-state index in [1.807, 2.05) is 0 Å². The van der Waals surface area contributed by atoms with E-state index in [0.29, 0.717) is 12.2 Å². The molecule has 0 aromatic rings. The number of rotatable bonds is 34. The maximum absolute atomic E-state index is 12.6. The Hall–Kier alpha value is -0.860. The van der Waals surface area contributed by atoms with Gasteiger partial charge in [-0.1, -0.05) is 162 Å². The van der Waals surface area contributed by atoms with Gasteiger partial charge in [0, 0.05) is 19.3 Å². The van der Waals surface area contributed by atoms with Crippen LogP contribution in [0.2, 0.25) is 0 Å². The predicted molar refractivity (Wildman–Crippen MR) is 180 cm³/mol. The fraction of sp³-hybridized carbons (Fsp3) is 0.947. The molecule has 0 spiro atoms. The third kappa shape index (κ3) is 31.9. The average molecular weight is 579 g/mol. The number of hydrogen-bond donors (Lipinski definition) is 0. The largest absolute Gasteiger partial charge is 0.462 e. The third-order valence-electron chi connectivity index (χ3n) is 8.70. The molecule has 244 valence electrons. The van der Waals surface area contributed by atoms with Gasteiger partial charge in [-0.25, -0.2) is 0 Å². The highest BCUT2D eigenvalue weighted by Gasteiger charge is 2.14. The summed E-state index contributed by atoms with van der Waals surface area (Å²) in [5.74, 6) is 0.464. The van der Waals surface area contributed by atoms with E-state index in [0.717, 1.165) is 64.2 Å². The molecule has 3 nitrogen and oxygen atoms in total. The molecule has 3 heteroatoms. The molecule has 1 atom stereocenters. The summed E-state index contributed by atoms with van der Waals surface area (Å²) >= 11 is 0. The van der Waals surface area contributed by atoms with Gasteiger partial charge in [-0.3, -0.25) is 9.59 Å². The molecule has 0 rings (SSSR count). The average Bonchev–Trinajstić information content (AvgIpc) is 2.96. The van der Waals surface area contributed by atoms with Crippen LogP contribution >= 0.6 is 0 Å². The van der Waals surface area contributed by atoms with Crippen molar-refractivity contribution < 1.29 is 14.3 Å². The van der Waals surface area contributed by atoms with Crippen LogP contribution in [-0.4, -0.2) is 17.9 Å². The van der Waals surface area contributed by atoms with Crippen LogP contribution in [0.15, 0.2) is 0 Å². The Labute approximate surface area is 258 Å². The Kier molecular flexibility index (Phi) is 32.9. The first-order valence-electron chi connectivity index (χ1n) is 18.8. The zero-order valence-corrected chi connectivity index (χ0v) is 28.4. The molecule has 0 amide bonds. The van der Waals surface area contributed by atoms with E-state index in [1.54, 1.807) is 0 Å². The maximum Gasteiger partial charge on any atom is 0.306 e. The van der Waals surface area contributed by atoms with Crippen LogP contribution in [0.4, 0.5) is 0 Å². The molecule has 0 radical (unpaired) electrons. The Bertz CT molecular complexity index is 544. The van der Waals surface area contributed by atoms with Crippen molar-refractivity contribution in [2.45, 2.75) is 232 Å². The van der Waals surface area contributed by atoms with Crippen LogP contribution in [0.1, 0.15) is 226 Å². The lowest BCUT2D eigenvalue weighted by atomic mass is 10.0. The molecule has 0 aliphatic rings. The van der Waals surface area contributed by atoms with Crippen molar-refractivity contribution in [3.63, 3.8) is 0 Å². The molecule has 0 bridgehead atoms. The van der Waals surface area contributed by atoms with Gasteiger partial charge in [0.1, 0.15) is 11.9 Å². The second kappa shape index (κ2) is 33.6. The van der Waals surface area contributed by atoms with Crippen molar-refractivity contribution in [1.29, 1.82) is 0 Å².